The fourth-order valence-corrected chi connectivity index (χ4v) is 2.91. The highest BCUT2D eigenvalue weighted by molar-refractivity contribution is 7.37. The third-order valence-electron chi connectivity index (χ3n) is 3.30. The molecule has 1 saturated heterocycles. The minimum atomic E-state index is -0.264. The van der Waals surface area contributed by atoms with E-state index >= 15 is 0 Å². The standard InChI is InChI=1S/C14H20N3O2P/c1-3-16(10-15)11-4-6-12(7-5-11)17-8-13(9-20-2)19-14(17)18/h4-7,10,13,15,20H,3,8-9H2,1-2H3/t13-/m1/s1. The van der Waals surface area contributed by atoms with Crippen molar-refractivity contribution in [1.29, 1.82) is 5.41 Å². The molecule has 1 heterocycles. The van der Waals surface area contributed by atoms with Gasteiger partial charge in [0.1, 0.15) is 6.10 Å². The summed E-state index contributed by atoms with van der Waals surface area (Å²) in [7, 11) is 0.788. The van der Waals surface area contributed by atoms with E-state index in [1.807, 2.05) is 36.1 Å². The molecule has 0 bridgehead atoms. The number of hydrogen-bond acceptors (Lipinski definition) is 3. The summed E-state index contributed by atoms with van der Waals surface area (Å²) in [4.78, 5) is 15.4. The minimum absolute atomic E-state index is 0.0132. The molecule has 0 aliphatic carbocycles. The molecule has 2 atom stereocenters. The highest BCUT2D eigenvalue weighted by atomic mass is 31.1. The van der Waals surface area contributed by atoms with Gasteiger partial charge in [0.05, 0.1) is 12.9 Å². The van der Waals surface area contributed by atoms with Crippen LogP contribution in [0.2, 0.25) is 0 Å². The normalized spacial score (nSPS) is 18.6. The summed E-state index contributed by atoms with van der Waals surface area (Å²) in [5.74, 6) is 0. The zero-order valence-corrected chi connectivity index (χ0v) is 12.8. The molecule has 1 aromatic rings. The Morgan fingerprint density at radius 2 is 2.20 bits per heavy atom. The van der Waals surface area contributed by atoms with E-state index in [1.165, 1.54) is 6.34 Å². The molecule has 1 amide bonds. The van der Waals surface area contributed by atoms with Crippen molar-refractivity contribution in [1.82, 2.24) is 0 Å². The lowest BCUT2D eigenvalue weighted by molar-refractivity contribution is 0.151. The maximum atomic E-state index is 11.9. The summed E-state index contributed by atoms with van der Waals surface area (Å²) >= 11 is 0. The Labute approximate surface area is 121 Å². The third kappa shape index (κ3) is 3.10. The van der Waals surface area contributed by atoms with Crippen LogP contribution in [0, 0.1) is 5.41 Å². The Kier molecular flexibility index (Phi) is 4.96. The molecular formula is C14H20N3O2P. The van der Waals surface area contributed by atoms with Crippen molar-refractivity contribution in [3.8, 4) is 0 Å². The van der Waals surface area contributed by atoms with Crippen LogP contribution in [0.15, 0.2) is 24.3 Å². The van der Waals surface area contributed by atoms with Crippen LogP contribution in [-0.2, 0) is 4.74 Å². The molecule has 0 saturated carbocycles. The summed E-state index contributed by atoms with van der Waals surface area (Å²) in [5, 5.41) is 7.34. The quantitative estimate of drug-likeness (QED) is 0.498. The van der Waals surface area contributed by atoms with Crippen LogP contribution in [-0.4, -0.2) is 44.5 Å². The number of rotatable bonds is 6. The predicted molar refractivity (Wildman–Crippen MR) is 85.0 cm³/mol. The topological polar surface area (TPSA) is 56.6 Å². The van der Waals surface area contributed by atoms with Crippen LogP contribution in [0.3, 0.4) is 0 Å². The van der Waals surface area contributed by atoms with Crippen LogP contribution >= 0.6 is 8.58 Å². The summed E-state index contributed by atoms with van der Waals surface area (Å²) in [6.07, 6.45) is 1.98. The number of hydrogen-bond donors (Lipinski definition) is 1. The minimum Gasteiger partial charge on any atom is -0.444 e. The molecule has 1 fully saturated rings. The average molecular weight is 293 g/mol. The Morgan fingerprint density at radius 3 is 2.75 bits per heavy atom. The molecule has 0 aromatic heterocycles. The van der Waals surface area contributed by atoms with Gasteiger partial charge in [0, 0.05) is 24.1 Å². The molecule has 1 unspecified atom stereocenters. The Morgan fingerprint density at radius 1 is 1.50 bits per heavy atom. The monoisotopic (exact) mass is 293 g/mol. The third-order valence-corrected chi connectivity index (χ3v) is 4.16. The summed E-state index contributed by atoms with van der Waals surface area (Å²) in [6.45, 7) is 5.48. The first-order chi connectivity index (χ1) is 9.69. The first-order valence-corrected chi connectivity index (χ1v) is 8.40. The second kappa shape index (κ2) is 6.71. The van der Waals surface area contributed by atoms with Crippen LogP contribution in [0.25, 0.3) is 0 Å². The van der Waals surface area contributed by atoms with Crippen molar-refractivity contribution in [3.63, 3.8) is 0 Å². The van der Waals surface area contributed by atoms with Crippen molar-refractivity contribution in [2.24, 2.45) is 0 Å². The highest BCUT2D eigenvalue weighted by Crippen LogP contribution is 2.26. The van der Waals surface area contributed by atoms with Gasteiger partial charge in [-0.2, -0.15) is 0 Å². The van der Waals surface area contributed by atoms with Gasteiger partial charge < -0.3 is 9.64 Å². The number of benzene rings is 1. The Balaban J connectivity index is 2.10. The molecule has 1 aliphatic rings. The van der Waals surface area contributed by atoms with Gasteiger partial charge in [-0.05, 0) is 37.9 Å². The molecule has 5 nitrogen and oxygen atoms in total. The van der Waals surface area contributed by atoms with Gasteiger partial charge in [0.15, 0.2) is 0 Å². The number of carbonyl (C=O) groups is 1. The summed E-state index contributed by atoms with van der Waals surface area (Å²) < 4.78 is 5.34. The van der Waals surface area contributed by atoms with Crippen LogP contribution in [0.1, 0.15) is 6.92 Å². The lowest BCUT2D eigenvalue weighted by atomic mass is 10.2. The molecule has 108 valence electrons. The van der Waals surface area contributed by atoms with Crippen LogP contribution in [0.5, 0.6) is 0 Å². The first-order valence-electron chi connectivity index (χ1n) is 6.69. The number of nitrogens with one attached hydrogen (secondary N) is 1. The number of carbonyl (C=O) groups excluding carboxylic acids is 1. The second-order valence-electron chi connectivity index (χ2n) is 4.61. The van der Waals surface area contributed by atoms with Gasteiger partial charge in [-0.25, -0.2) is 4.79 Å². The smallest absolute Gasteiger partial charge is 0.414 e. The van der Waals surface area contributed by atoms with Crippen LogP contribution < -0.4 is 9.80 Å². The Bertz CT molecular complexity index is 478. The van der Waals surface area contributed by atoms with Crippen molar-refractivity contribution in [2.45, 2.75) is 13.0 Å². The molecular weight excluding hydrogens is 273 g/mol. The SMILES string of the molecule is CCN(C=N)c1ccc(N2C[C@H](CPC)OC2=O)cc1. The Hall–Kier alpha value is -1.61. The fourth-order valence-electron chi connectivity index (χ4n) is 2.24. The summed E-state index contributed by atoms with van der Waals surface area (Å²) in [6, 6.07) is 7.65. The number of amides is 1. The number of ether oxygens (including phenoxy) is 1. The molecule has 2 rings (SSSR count). The van der Waals surface area contributed by atoms with E-state index in [2.05, 4.69) is 6.66 Å². The van der Waals surface area contributed by atoms with Gasteiger partial charge in [0.2, 0.25) is 0 Å². The van der Waals surface area contributed by atoms with Crippen LogP contribution in [0.4, 0.5) is 16.2 Å². The number of nitrogens with zero attached hydrogens (tertiary/aromatic N) is 2. The predicted octanol–water partition coefficient (Wildman–Crippen LogP) is 2.75. The molecule has 6 heteroatoms. The largest absolute Gasteiger partial charge is 0.444 e. The molecule has 0 spiro atoms. The highest BCUT2D eigenvalue weighted by Gasteiger charge is 2.31. The molecule has 1 aliphatic heterocycles. The number of cyclic esters (lactones) is 1. The van der Waals surface area contributed by atoms with E-state index in [-0.39, 0.29) is 12.2 Å². The zero-order valence-electron chi connectivity index (χ0n) is 11.8. The summed E-state index contributed by atoms with van der Waals surface area (Å²) in [5.41, 5.74) is 1.80. The molecule has 1 N–H and O–H groups in total. The van der Waals surface area contributed by atoms with Gasteiger partial charge in [-0.1, -0.05) is 0 Å². The van der Waals surface area contributed by atoms with E-state index in [9.17, 15) is 4.79 Å². The second-order valence-corrected chi connectivity index (χ2v) is 5.72. The van der Waals surface area contributed by atoms with Crippen molar-refractivity contribution in [2.75, 3.05) is 35.7 Å². The lowest BCUT2D eigenvalue weighted by Crippen LogP contribution is -2.25. The van der Waals surface area contributed by atoms with Crippen molar-refractivity contribution >= 4 is 32.4 Å². The van der Waals surface area contributed by atoms with E-state index in [4.69, 9.17) is 10.1 Å². The maximum Gasteiger partial charge on any atom is 0.414 e. The molecule has 1 aromatic carbocycles. The van der Waals surface area contributed by atoms with Crippen molar-refractivity contribution in [3.05, 3.63) is 24.3 Å². The van der Waals surface area contributed by atoms with Gasteiger partial charge in [-0.3, -0.25) is 10.3 Å². The fraction of sp³-hybridized carbons (Fsp3) is 0.429. The zero-order chi connectivity index (χ0) is 14.5. The van der Waals surface area contributed by atoms with Gasteiger partial charge in [-0.15, -0.1) is 8.58 Å². The van der Waals surface area contributed by atoms with E-state index in [0.717, 1.165) is 32.7 Å². The first kappa shape index (κ1) is 14.8. The lowest BCUT2D eigenvalue weighted by Gasteiger charge is -2.18. The van der Waals surface area contributed by atoms with Gasteiger partial charge in [0.25, 0.3) is 0 Å². The van der Waals surface area contributed by atoms with E-state index < -0.39 is 0 Å². The van der Waals surface area contributed by atoms with Gasteiger partial charge >= 0.3 is 6.09 Å². The molecule has 20 heavy (non-hydrogen) atoms. The van der Waals surface area contributed by atoms with Crippen molar-refractivity contribution < 1.29 is 9.53 Å². The average Bonchev–Trinajstić information content (AvgIpc) is 2.82. The maximum absolute atomic E-state index is 11.9. The van der Waals surface area contributed by atoms with E-state index in [1.54, 1.807) is 4.90 Å². The molecule has 0 radical (unpaired) electrons. The number of anilines is 2. The van der Waals surface area contributed by atoms with E-state index in [0.29, 0.717) is 6.54 Å².